The van der Waals surface area contributed by atoms with Gasteiger partial charge in [-0.3, -0.25) is 9.69 Å². The lowest BCUT2D eigenvalue weighted by atomic mass is 10.2. The van der Waals surface area contributed by atoms with Crippen LogP contribution in [-0.2, 0) is 4.79 Å². The number of rotatable bonds is 9. The number of nitrogens with zero attached hydrogens (tertiary/aromatic N) is 3. The molecule has 8 nitrogen and oxygen atoms in total. The number of benzene rings is 2. The second-order valence-electron chi connectivity index (χ2n) is 7.79. The van der Waals surface area contributed by atoms with Gasteiger partial charge in [-0.05, 0) is 50.1 Å². The third kappa shape index (κ3) is 5.86. The van der Waals surface area contributed by atoms with Crippen molar-refractivity contribution in [3.05, 3.63) is 46.9 Å². The molecule has 1 atom stereocenters. The number of halogens is 3. The first-order valence-corrected chi connectivity index (χ1v) is 11.5. The number of nitrogens with one attached hydrogen (secondary N) is 1. The van der Waals surface area contributed by atoms with Crippen LogP contribution in [0.25, 0.3) is 10.9 Å². The molecular formula is C23H26BrClFN5O3. The minimum Gasteiger partial charge on any atom is -0.493 e. The van der Waals surface area contributed by atoms with Crippen molar-refractivity contribution in [2.45, 2.75) is 25.3 Å². The van der Waals surface area contributed by atoms with Crippen LogP contribution in [0.15, 0.2) is 41.1 Å². The van der Waals surface area contributed by atoms with Gasteiger partial charge in [0.2, 0.25) is 5.91 Å². The second kappa shape index (κ2) is 11.6. The van der Waals surface area contributed by atoms with E-state index in [1.165, 1.54) is 12.4 Å². The molecule has 0 radical (unpaired) electrons. The van der Waals surface area contributed by atoms with Crippen molar-refractivity contribution in [3.63, 3.8) is 0 Å². The predicted molar refractivity (Wildman–Crippen MR) is 135 cm³/mol. The van der Waals surface area contributed by atoms with Crippen LogP contribution in [0.3, 0.4) is 0 Å². The number of anilines is 2. The molecule has 0 unspecified atom stereocenters. The highest BCUT2D eigenvalue weighted by atomic mass is 79.9. The normalized spacial score (nSPS) is 15.7. The summed E-state index contributed by atoms with van der Waals surface area (Å²) in [7, 11) is 1.56. The van der Waals surface area contributed by atoms with Gasteiger partial charge >= 0.3 is 0 Å². The minimum atomic E-state index is -0.403. The SMILES string of the molecule is COc1cc2c(Nc3ccc(Br)cc3F)ncnc2cc1OCCCN1CCC[C@H]1C(N)=O.Cl. The number of nitrogens with two attached hydrogens (primary N) is 1. The van der Waals surface area contributed by atoms with E-state index in [1.54, 1.807) is 31.4 Å². The maximum absolute atomic E-state index is 14.3. The molecule has 1 aliphatic heterocycles. The summed E-state index contributed by atoms with van der Waals surface area (Å²) in [5.74, 6) is 0.860. The monoisotopic (exact) mass is 553 g/mol. The van der Waals surface area contributed by atoms with Crippen molar-refractivity contribution in [2.24, 2.45) is 5.73 Å². The lowest BCUT2D eigenvalue weighted by Gasteiger charge is -2.21. The number of carbonyl (C=O) groups excluding carboxylic acids is 1. The van der Waals surface area contributed by atoms with E-state index in [0.29, 0.717) is 45.0 Å². The summed E-state index contributed by atoms with van der Waals surface area (Å²) in [4.78, 5) is 22.3. The van der Waals surface area contributed by atoms with Gasteiger partial charge in [-0.1, -0.05) is 15.9 Å². The molecule has 11 heteroatoms. The van der Waals surface area contributed by atoms with Crippen LogP contribution in [0.1, 0.15) is 19.3 Å². The van der Waals surface area contributed by atoms with Crippen LogP contribution in [0.2, 0.25) is 0 Å². The molecule has 1 amide bonds. The average molecular weight is 555 g/mol. The number of hydrogen-bond donors (Lipinski definition) is 2. The summed E-state index contributed by atoms with van der Waals surface area (Å²) < 4.78 is 26.4. The van der Waals surface area contributed by atoms with Crippen molar-refractivity contribution in [1.29, 1.82) is 0 Å². The van der Waals surface area contributed by atoms with E-state index in [0.717, 1.165) is 32.4 Å². The first kappa shape index (κ1) is 25.9. The number of amides is 1. The number of methoxy groups -OCH3 is 1. The number of carbonyl (C=O) groups is 1. The van der Waals surface area contributed by atoms with Crippen LogP contribution in [0.4, 0.5) is 15.9 Å². The fourth-order valence-corrected chi connectivity index (χ4v) is 4.35. The Kier molecular flexibility index (Phi) is 8.87. The fourth-order valence-electron chi connectivity index (χ4n) is 4.02. The zero-order valence-corrected chi connectivity index (χ0v) is 21.0. The first-order valence-electron chi connectivity index (χ1n) is 10.7. The molecule has 34 heavy (non-hydrogen) atoms. The van der Waals surface area contributed by atoms with Gasteiger partial charge in [0.25, 0.3) is 0 Å². The summed E-state index contributed by atoms with van der Waals surface area (Å²) in [6, 6.07) is 8.12. The highest BCUT2D eigenvalue weighted by molar-refractivity contribution is 9.10. The molecule has 1 saturated heterocycles. The van der Waals surface area contributed by atoms with Gasteiger partial charge < -0.3 is 20.5 Å². The van der Waals surface area contributed by atoms with Crippen LogP contribution in [-0.4, -0.2) is 53.6 Å². The van der Waals surface area contributed by atoms with Crippen molar-refractivity contribution in [2.75, 3.05) is 32.1 Å². The van der Waals surface area contributed by atoms with Gasteiger partial charge in [0.15, 0.2) is 11.5 Å². The predicted octanol–water partition coefficient (Wildman–Crippen LogP) is 4.42. The smallest absolute Gasteiger partial charge is 0.234 e. The molecule has 0 bridgehead atoms. The molecule has 3 N–H and O–H groups in total. The highest BCUT2D eigenvalue weighted by Crippen LogP contribution is 2.35. The number of ether oxygens (including phenoxy) is 2. The van der Waals surface area contributed by atoms with Crippen molar-refractivity contribution in [1.82, 2.24) is 14.9 Å². The molecule has 0 spiro atoms. The van der Waals surface area contributed by atoms with Gasteiger partial charge in [0, 0.05) is 22.5 Å². The molecule has 1 fully saturated rings. The van der Waals surface area contributed by atoms with Crippen LogP contribution < -0.4 is 20.5 Å². The van der Waals surface area contributed by atoms with Crippen LogP contribution in [0.5, 0.6) is 11.5 Å². The number of fused-ring (bicyclic) bond motifs is 1. The molecular weight excluding hydrogens is 529 g/mol. The zero-order chi connectivity index (χ0) is 23.4. The fraction of sp³-hybridized carbons (Fsp3) is 0.348. The van der Waals surface area contributed by atoms with E-state index < -0.39 is 5.82 Å². The van der Waals surface area contributed by atoms with E-state index in [2.05, 4.69) is 36.1 Å². The zero-order valence-electron chi connectivity index (χ0n) is 18.6. The van der Waals surface area contributed by atoms with E-state index >= 15 is 0 Å². The van der Waals surface area contributed by atoms with Gasteiger partial charge in [0.1, 0.15) is 18.0 Å². The lowest BCUT2D eigenvalue weighted by Crippen LogP contribution is -2.40. The Balaban J connectivity index is 0.00000324. The maximum atomic E-state index is 14.3. The molecule has 182 valence electrons. The first-order chi connectivity index (χ1) is 16.0. The van der Waals surface area contributed by atoms with Gasteiger partial charge in [0.05, 0.1) is 31.0 Å². The van der Waals surface area contributed by atoms with E-state index in [1.807, 2.05) is 0 Å². The molecule has 0 saturated carbocycles. The third-order valence-electron chi connectivity index (χ3n) is 5.64. The minimum absolute atomic E-state index is 0. The van der Waals surface area contributed by atoms with E-state index in [9.17, 15) is 9.18 Å². The molecule has 2 aromatic carbocycles. The number of primary amides is 1. The standard InChI is InChI=1S/C23H25BrFN5O3.ClH/c1-32-20-11-15-18(27-13-28-23(15)29-17-6-5-14(24)10-16(17)25)12-21(20)33-9-3-8-30-7-2-4-19(30)22(26)31;/h5-6,10-13,19H,2-4,7-9H2,1H3,(H2,26,31)(H,27,28,29);1H/t19-;/m0./s1. The molecule has 4 rings (SSSR count). The summed E-state index contributed by atoms with van der Waals surface area (Å²) in [6.45, 7) is 2.06. The Morgan fingerprint density at radius 2 is 2.12 bits per heavy atom. The quantitative estimate of drug-likeness (QED) is 0.377. The van der Waals surface area contributed by atoms with Crippen LogP contribution in [0, 0.1) is 5.82 Å². The lowest BCUT2D eigenvalue weighted by molar-refractivity contribution is -0.122. The molecule has 1 aliphatic rings. The summed E-state index contributed by atoms with van der Waals surface area (Å²) >= 11 is 3.26. The number of hydrogen-bond acceptors (Lipinski definition) is 7. The van der Waals surface area contributed by atoms with E-state index in [-0.39, 0.29) is 24.4 Å². The van der Waals surface area contributed by atoms with E-state index in [4.69, 9.17) is 15.2 Å². The van der Waals surface area contributed by atoms with Gasteiger partial charge in [-0.25, -0.2) is 14.4 Å². The summed E-state index contributed by atoms with van der Waals surface area (Å²) in [5.41, 5.74) is 6.41. The summed E-state index contributed by atoms with van der Waals surface area (Å²) in [5, 5.41) is 3.70. The van der Waals surface area contributed by atoms with Gasteiger partial charge in [-0.15, -0.1) is 12.4 Å². The van der Waals surface area contributed by atoms with Gasteiger partial charge in [-0.2, -0.15) is 0 Å². The topological polar surface area (TPSA) is 103 Å². The third-order valence-corrected chi connectivity index (χ3v) is 6.14. The largest absolute Gasteiger partial charge is 0.493 e. The molecule has 1 aromatic heterocycles. The van der Waals surface area contributed by atoms with Crippen molar-refractivity contribution < 1.29 is 18.7 Å². The molecule has 2 heterocycles. The Morgan fingerprint density at radius 1 is 1.29 bits per heavy atom. The molecule has 3 aromatic rings. The van der Waals surface area contributed by atoms with Crippen LogP contribution >= 0.6 is 28.3 Å². The summed E-state index contributed by atoms with van der Waals surface area (Å²) in [6.07, 6.45) is 3.95. The Hall–Kier alpha value is -2.69. The number of aromatic nitrogens is 2. The Morgan fingerprint density at radius 3 is 2.85 bits per heavy atom. The Labute approximate surface area is 211 Å². The van der Waals surface area contributed by atoms with Crippen molar-refractivity contribution in [3.8, 4) is 11.5 Å². The Bertz CT molecular complexity index is 1170. The second-order valence-corrected chi connectivity index (χ2v) is 8.71. The molecule has 0 aliphatic carbocycles. The average Bonchev–Trinajstić information content (AvgIpc) is 3.27. The maximum Gasteiger partial charge on any atom is 0.234 e. The van der Waals surface area contributed by atoms with Crippen molar-refractivity contribution >= 4 is 56.7 Å². The number of likely N-dealkylation sites (tertiary alicyclic amines) is 1. The highest BCUT2D eigenvalue weighted by Gasteiger charge is 2.28.